The summed E-state index contributed by atoms with van der Waals surface area (Å²) >= 11 is -1.04. The summed E-state index contributed by atoms with van der Waals surface area (Å²) in [5.74, 6) is 0. The maximum Gasteiger partial charge on any atom is 0.407 e. The van der Waals surface area contributed by atoms with E-state index < -0.39 is 17.5 Å². The van der Waals surface area contributed by atoms with Crippen molar-refractivity contribution in [1.29, 1.82) is 0 Å². The molecule has 1 amide bonds. The van der Waals surface area contributed by atoms with Gasteiger partial charge in [0.2, 0.25) is 0 Å². The lowest BCUT2D eigenvalue weighted by Gasteiger charge is -2.53. The molecule has 1 aliphatic carbocycles. The normalized spacial score (nSPS) is 28.0. The molecule has 2 rings (SSSR count). The van der Waals surface area contributed by atoms with Gasteiger partial charge in [0.1, 0.15) is 4.75 Å². The summed E-state index contributed by atoms with van der Waals surface area (Å²) in [5.41, 5.74) is 0.173. The van der Waals surface area contributed by atoms with Gasteiger partial charge in [0.05, 0.1) is 6.04 Å². The highest BCUT2D eigenvalue weighted by Gasteiger charge is 2.51. The molecule has 5 nitrogen and oxygen atoms in total. The van der Waals surface area contributed by atoms with Crippen molar-refractivity contribution in [3.05, 3.63) is 0 Å². The zero-order valence-corrected chi connectivity index (χ0v) is 12.8. The van der Waals surface area contributed by atoms with Crippen LogP contribution in [0.15, 0.2) is 0 Å². The fourth-order valence-electron chi connectivity index (χ4n) is 2.93. The number of nitrogens with one attached hydrogen (secondary N) is 1. The van der Waals surface area contributed by atoms with Crippen LogP contribution in [0.3, 0.4) is 0 Å². The molecular weight excluding hydrogens is 264 g/mol. The van der Waals surface area contributed by atoms with Crippen molar-refractivity contribution in [2.45, 2.75) is 57.2 Å². The zero-order valence-electron chi connectivity index (χ0n) is 11.9. The Morgan fingerprint density at radius 1 is 1.37 bits per heavy atom. The van der Waals surface area contributed by atoms with E-state index in [1.807, 2.05) is 20.8 Å². The second-order valence-corrected chi connectivity index (χ2v) is 8.72. The molecule has 0 aromatic carbocycles. The molecule has 19 heavy (non-hydrogen) atoms. The molecule has 0 aromatic heterocycles. The molecule has 2 aliphatic rings. The topological polar surface area (TPSA) is 75.6 Å². The van der Waals surface area contributed by atoms with Crippen LogP contribution < -0.4 is 4.72 Å². The molecule has 1 spiro atoms. The molecule has 2 N–H and O–H groups in total. The Morgan fingerprint density at radius 3 is 2.32 bits per heavy atom. The lowest BCUT2D eigenvalue weighted by molar-refractivity contribution is 0.00666. The SMILES string of the molecule is CC(C)(C)[S+]([O-])N[C@@H]1CCC12CCN(C(=O)O)CC2. The molecule has 1 unspecified atom stereocenters. The van der Waals surface area contributed by atoms with Gasteiger partial charge >= 0.3 is 6.09 Å². The van der Waals surface area contributed by atoms with Crippen LogP contribution in [-0.4, -0.2) is 44.5 Å². The highest BCUT2D eigenvalue weighted by molar-refractivity contribution is 7.90. The number of nitrogens with zero attached hydrogens (tertiary/aromatic N) is 1. The molecule has 110 valence electrons. The van der Waals surface area contributed by atoms with Crippen LogP contribution in [0.2, 0.25) is 0 Å². The number of carbonyl (C=O) groups is 1. The second-order valence-electron chi connectivity index (χ2n) is 6.72. The molecule has 2 fully saturated rings. The van der Waals surface area contributed by atoms with Crippen molar-refractivity contribution in [3.63, 3.8) is 0 Å². The number of carboxylic acid groups (broad SMARTS) is 1. The first-order valence-electron chi connectivity index (χ1n) is 6.90. The summed E-state index contributed by atoms with van der Waals surface area (Å²) in [4.78, 5) is 12.4. The van der Waals surface area contributed by atoms with Gasteiger partial charge in [-0.1, -0.05) is 0 Å². The number of likely N-dealkylation sites (tertiary alicyclic amines) is 1. The van der Waals surface area contributed by atoms with Crippen LogP contribution in [0.25, 0.3) is 0 Å². The van der Waals surface area contributed by atoms with Gasteiger partial charge in [0.15, 0.2) is 0 Å². The lowest BCUT2D eigenvalue weighted by atomic mass is 9.60. The van der Waals surface area contributed by atoms with Crippen molar-refractivity contribution in [3.8, 4) is 0 Å². The second kappa shape index (κ2) is 5.14. The lowest BCUT2D eigenvalue weighted by Crippen LogP contribution is -2.61. The van der Waals surface area contributed by atoms with Crippen LogP contribution in [0.5, 0.6) is 0 Å². The quantitative estimate of drug-likeness (QED) is 0.762. The van der Waals surface area contributed by atoms with Crippen molar-refractivity contribution in [2.75, 3.05) is 13.1 Å². The van der Waals surface area contributed by atoms with Gasteiger partial charge in [0, 0.05) is 24.5 Å². The molecule has 0 aromatic rings. The largest absolute Gasteiger partial charge is 0.598 e. The number of hydrogen-bond acceptors (Lipinski definition) is 3. The van der Waals surface area contributed by atoms with Gasteiger partial charge in [-0.2, -0.15) is 0 Å². The Morgan fingerprint density at radius 2 is 1.95 bits per heavy atom. The van der Waals surface area contributed by atoms with Crippen molar-refractivity contribution in [2.24, 2.45) is 5.41 Å². The third-order valence-electron chi connectivity index (χ3n) is 4.51. The molecule has 6 heteroatoms. The van der Waals surface area contributed by atoms with Gasteiger partial charge < -0.3 is 14.6 Å². The summed E-state index contributed by atoms with van der Waals surface area (Å²) in [5, 5.41) is 8.98. The number of amides is 1. The first-order valence-corrected chi connectivity index (χ1v) is 8.05. The van der Waals surface area contributed by atoms with E-state index in [-0.39, 0.29) is 16.2 Å². The fraction of sp³-hybridized carbons (Fsp3) is 0.923. The van der Waals surface area contributed by atoms with E-state index in [0.717, 1.165) is 25.7 Å². The minimum Gasteiger partial charge on any atom is -0.598 e. The summed E-state index contributed by atoms with van der Waals surface area (Å²) < 4.78 is 15.2. The number of piperidine rings is 1. The highest BCUT2D eigenvalue weighted by Crippen LogP contribution is 2.49. The number of hydrogen-bond donors (Lipinski definition) is 2. The predicted molar refractivity (Wildman–Crippen MR) is 75.3 cm³/mol. The van der Waals surface area contributed by atoms with Crippen LogP contribution in [0.1, 0.15) is 46.5 Å². The van der Waals surface area contributed by atoms with Crippen molar-refractivity contribution in [1.82, 2.24) is 9.62 Å². The maximum atomic E-state index is 12.2. The van der Waals surface area contributed by atoms with Gasteiger partial charge in [-0.05, 0) is 51.9 Å². The minimum atomic E-state index is -1.04. The summed E-state index contributed by atoms with van der Waals surface area (Å²) in [7, 11) is 0. The minimum absolute atomic E-state index is 0.173. The van der Waals surface area contributed by atoms with E-state index in [4.69, 9.17) is 5.11 Å². The smallest absolute Gasteiger partial charge is 0.407 e. The van der Waals surface area contributed by atoms with Crippen LogP contribution in [0, 0.1) is 5.41 Å². The highest BCUT2D eigenvalue weighted by atomic mass is 32.2. The van der Waals surface area contributed by atoms with Crippen molar-refractivity contribution >= 4 is 17.5 Å². The van der Waals surface area contributed by atoms with E-state index in [1.165, 1.54) is 4.90 Å². The molecule has 1 heterocycles. The Hall–Kier alpha value is -0.460. The number of rotatable bonds is 2. The molecule has 0 bridgehead atoms. The van der Waals surface area contributed by atoms with Crippen LogP contribution >= 0.6 is 0 Å². The Kier molecular flexibility index (Phi) is 4.05. The third-order valence-corrected chi connectivity index (χ3v) is 6.12. The fourth-order valence-corrected chi connectivity index (χ4v) is 3.91. The summed E-state index contributed by atoms with van der Waals surface area (Å²) in [6.07, 6.45) is 3.13. The van der Waals surface area contributed by atoms with Gasteiger partial charge in [-0.25, -0.2) is 4.79 Å². The molecule has 1 saturated heterocycles. The standard InChI is InChI=1S/C13H24N2O3S/c1-12(2,3)19(18)14-10-4-5-13(10)6-8-15(9-7-13)11(16)17/h10,14H,4-9H2,1-3H3,(H,16,17)/t10-,19?/m1/s1. The molecular formula is C13H24N2O3S. The molecule has 1 saturated carbocycles. The molecule has 2 atom stereocenters. The van der Waals surface area contributed by atoms with E-state index in [0.29, 0.717) is 13.1 Å². The van der Waals surface area contributed by atoms with Crippen LogP contribution in [-0.2, 0) is 11.4 Å². The van der Waals surface area contributed by atoms with E-state index in [1.54, 1.807) is 0 Å². The van der Waals surface area contributed by atoms with E-state index in [2.05, 4.69) is 4.72 Å². The van der Waals surface area contributed by atoms with Crippen LogP contribution in [0.4, 0.5) is 4.79 Å². The van der Waals surface area contributed by atoms with E-state index >= 15 is 0 Å². The van der Waals surface area contributed by atoms with Gasteiger partial charge in [-0.15, -0.1) is 4.72 Å². The van der Waals surface area contributed by atoms with Gasteiger partial charge in [-0.3, -0.25) is 0 Å². The summed E-state index contributed by atoms with van der Waals surface area (Å²) in [6.45, 7) is 7.11. The Bertz CT molecular complexity index is 348. The Labute approximate surface area is 118 Å². The maximum absolute atomic E-state index is 12.2. The Balaban J connectivity index is 1.91. The van der Waals surface area contributed by atoms with Gasteiger partial charge in [0.25, 0.3) is 0 Å². The zero-order chi connectivity index (χ0) is 14.3. The average Bonchev–Trinajstić information content (AvgIpc) is 2.33. The monoisotopic (exact) mass is 288 g/mol. The predicted octanol–water partition coefficient (Wildman–Crippen LogP) is 1.96. The van der Waals surface area contributed by atoms with Crippen molar-refractivity contribution < 1.29 is 14.5 Å². The first-order chi connectivity index (χ1) is 8.74. The summed E-state index contributed by atoms with van der Waals surface area (Å²) in [6, 6.07) is 0.281. The molecule has 0 radical (unpaired) electrons. The third kappa shape index (κ3) is 3.01. The van der Waals surface area contributed by atoms with E-state index in [9.17, 15) is 9.35 Å². The first kappa shape index (κ1) is 14.9. The average molecular weight is 288 g/mol. The molecule has 1 aliphatic heterocycles.